The summed E-state index contributed by atoms with van der Waals surface area (Å²) in [5.74, 6) is 0.832. The highest BCUT2D eigenvalue weighted by Crippen LogP contribution is 2.32. The van der Waals surface area contributed by atoms with Crippen molar-refractivity contribution in [1.82, 2.24) is 24.2 Å². The second kappa shape index (κ2) is 8.39. The van der Waals surface area contributed by atoms with Crippen LogP contribution in [0.3, 0.4) is 0 Å². The van der Waals surface area contributed by atoms with Crippen LogP contribution in [0.1, 0.15) is 24.4 Å². The molecule has 1 fully saturated rings. The van der Waals surface area contributed by atoms with Crippen molar-refractivity contribution in [2.45, 2.75) is 32.1 Å². The van der Waals surface area contributed by atoms with Crippen LogP contribution in [0.25, 0.3) is 11.4 Å². The summed E-state index contributed by atoms with van der Waals surface area (Å²) in [7, 11) is 0. The number of nitrogens with zero attached hydrogens (tertiary/aromatic N) is 5. The molecule has 0 saturated carbocycles. The van der Waals surface area contributed by atoms with E-state index in [4.69, 9.17) is 28.9 Å². The number of aromatic nitrogens is 4. The molecule has 1 aliphatic heterocycles. The molecule has 0 aliphatic carbocycles. The van der Waals surface area contributed by atoms with Crippen molar-refractivity contribution >= 4 is 23.8 Å². The quantitative estimate of drug-likeness (QED) is 0.417. The Morgan fingerprint density at radius 1 is 1.25 bits per heavy atom. The van der Waals surface area contributed by atoms with Gasteiger partial charge in [-0.25, -0.2) is 4.68 Å². The van der Waals surface area contributed by atoms with E-state index in [9.17, 15) is 0 Å². The first-order valence-electron chi connectivity index (χ1n) is 9.36. The second-order valence-electron chi connectivity index (χ2n) is 6.91. The normalized spacial score (nSPS) is 17.1. The molecule has 2 aromatic heterocycles. The molecule has 0 spiro atoms. The van der Waals surface area contributed by atoms with Crippen LogP contribution in [0.4, 0.5) is 0 Å². The zero-order chi connectivity index (χ0) is 19.5. The van der Waals surface area contributed by atoms with E-state index in [2.05, 4.69) is 22.5 Å². The van der Waals surface area contributed by atoms with E-state index in [1.54, 1.807) is 0 Å². The Balaban J connectivity index is 1.66. The first-order chi connectivity index (χ1) is 13.7. The number of hydrogen-bond donors (Lipinski definition) is 0. The number of halogens is 1. The van der Waals surface area contributed by atoms with Crippen molar-refractivity contribution in [1.29, 1.82) is 0 Å². The van der Waals surface area contributed by atoms with Crippen LogP contribution in [0, 0.1) is 4.77 Å². The predicted octanol–water partition coefficient (Wildman–Crippen LogP) is 5.11. The van der Waals surface area contributed by atoms with Crippen LogP contribution in [-0.2, 0) is 13.2 Å². The number of pyridine rings is 1. The van der Waals surface area contributed by atoms with Gasteiger partial charge in [0.1, 0.15) is 0 Å². The molecule has 1 unspecified atom stereocenters. The van der Waals surface area contributed by atoms with Gasteiger partial charge in [-0.15, -0.1) is 6.58 Å². The fourth-order valence-corrected chi connectivity index (χ4v) is 4.14. The Morgan fingerprint density at radius 3 is 2.79 bits per heavy atom. The molecule has 144 valence electrons. The minimum Gasteiger partial charge on any atom is -0.296 e. The Hall–Kier alpha value is -2.28. The SMILES string of the molecule is C=CCn1c(-c2ccc(Cl)cc2)nn(CN2CCCC2c2cccnc2)c1=S. The monoisotopic (exact) mass is 411 g/mol. The number of benzene rings is 1. The molecule has 1 aromatic carbocycles. The van der Waals surface area contributed by atoms with E-state index in [1.807, 2.05) is 58.1 Å². The number of allylic oxidation sites excluding steroid dienone is 1. The third-order valence-corrected chi connectivity index (χ3v) is 5.77. The number of rotatable bonds is 6. The maximum Gasteiger partial charge on any atom is 0.199 e. The fraction of sp³-hybridized carbons (Fsp3) is 0.286. The number of hydrogen-bond acceptors (Lipinski definition) is 4. The summed E-state index contributed by atoms with van der Waals surface area (Å²) in [6, 6.07) is 12.2. The van der Waals surface area contributed by atoms with Gasteiger partial charge < -0.3 is 0 Å². The van der Waals surface area contributed by atoms with Crippen molar-refractivity contribution in [3.63, 3.8) is 0 Å². The Kier molecular flexibility index (Phi) is 5.71. The molecule has 0 radical (unpaired) electrons. The van der Waals surface area contributed by atoms with Crippen LogP contribution >= 0.6 is 23.8 Å². The van der Waals surface area contributed by atoms with Crippen LogP contribution in [-0.4, -0.2) is 30.8 Å². The van der Waals surface area contributed by atoms with Crippen LogP contribution in [0.2, 0.25) is 5.02 Å². The molecule has 0 N–H and O–H groups in total. The molecule has 1 atom stereocenters. The summed E-state index contributed by atoms with van der Waals surface area (Å²) in [5.41, 5.74) is 2.23. The van der Waals surface area contributed by atoms with E-state index >= 15 is 0 Å². The summed E-state index contributed by atoms with van der Waals surface area (Å²) >= 11 is 11.8. The van der Waals surface area contributed by atoms with Gasteiger partial charge in [-0.3, -0.25) is 14.5 Å². The molecule has 1 saturated heterocycles. The predicted molar refractivity (Wildman–Crippen MR) is 115 cm³/mol. The lowest BCUT2D eigenvalue weighted by Gasteiger charge is -2.24. The van der Waals surface area contributed by atoms with Gasteiger partial charge >= 0.3 is 0 Å². The first-order valence-corrected chi connectivity index (χ1v) is 10.1. The average molecular weight is 412 g/mol. The molecule has 3 aromatic rings. The van der Waals surface area contributed by atoms with Crippen LogP contribution in [0.15, 0.2) is 61.4 Å². The van der Waals surface area contributed by atoms with E-state index in [0.29, 0.717) is 29.0 Å². The fourth-order valence-electron chi connectivity index (χ4n) is 3.76. The molecular formula is C21H22ClN5S. The molecular weight excluding hydrogens is 390 g/mol. The lowest BCUT2D eigenvalue weighted by atomic mass is 10.1. The van der Waals surface area contributed by atoms with Gasteiger partial charge in [0.25, 0.3) is 0 Å². The van der Waals surface area contributed by atoms with Crippen molar-refractivity contribution in [2.75, 3.05) is 6.54 Å². The van der Waals surface area contributed by atoms with E-state index in [0.717, 1.165) is 30.8 Å². The highest BCUT2D eigenvalue weighted by molar-refractivity contribution is 7.71. The van der Waals surface area contributed by atoms with Crippen molar-refractivity contribution < 1.29 is 0 Å². The van der Waals surface area contributed by atoms with Gasteiger partial charge in [-0.05, 0) is 61.0 Å². The highest BCUT2D eigenvalue weighted by atomic mass is 35.5. The van der Waals surface area contributed by atoms with E-state index in [-0.39, 0.29) is 0 Å². The first kappa shape index (κ1) is 19.1. The molecule has 1 aliphatic rings. The Morgan fingerprint density at radius 2 is 2.07 bits per heavy atom. The Bertz CT molecular complexity index is 1010. The van der Waals surface area contributed by atoms with Gasteiger partial charge in [0, 0.05) is 42.1 Å². The molecule has 28 heavy (non-hydrogen) atoms. The minimum absolute atomic E-state index is 0.346. The van der Waals surface area contributed by atoms with Gasteiger partial charge in [-0.1, -0.05) is 23.7 Å². The molecule has 0 bridgehead atoms. The highest BCUT2D eigenvalue weighted by Gasteiger charge is 2.27. The smallest absolute Gasteiger partial charge is 0.199 e. The summed E-state index contributed by atoms with van der Waals surface area (Å²) < 4.78 is 4.62. The Labute approximate surface area is 174 Å². The average Bonchev–Trinajstić information content (AvgIpc) is 3.30. The van der Waals surface area contributed by atoms with Crippen molar-refractivity contribution in [2.24, 2.45) is 0 Å². The van der Waals surface area contributed by atoms with Gasteiger partial charge in [0.15, 0.2) is 10.6 Å². The lowest BCUT2D eigenvalue weighted by Crippen LogP contribution is -2.27. The van der Waals surface area contributed by atoms with Crippen molar-refractivity contribution in [3.05, 3.63) is 76.8 Å². The maximum absolute atomic E-state index is 6.04. The molecule has 7 heteroatoms. The molecule has 4 rings (SSSR count). The maximum atomic E-state index is 6.04. The van der Waals surface area contributed by atoms with Gasteiger partial charge in [0.05, 0.1) is 6.67 Å². The molecule has 5 nitrogen and oxygen atoms in total. The zero-order valence-electron chi connectivity index (χ0n) is 15.5. The van der Waals surface area contributed by atoms with Crippen LogP contribution < -0.4 is 0 Å². The topological polar surface area (TPSA) is 38.9 Å². The second-order valence-corrected chi connectivity index (χ2v) is 7.71. The van der Waals surface area contributed by atoms with E-state index < -0.39 is 0 Å². The van der Waals surface area contributed by atoms with Crippen molar-refractivity contribution in [3.8, 4) is 11.4 Å². The molecule has 3 heterocycles. The van der Waals surface area contributed by atoms with E-state index in [1.165, 1.54) is 5.56 Å². The minimum atomic E-state index is 0.346. The lowest BCUT2D eigenvalue weighted by molar-refractivity contribution is 0.189. The third-order valence-electron chi connectivity index (χ3n) is 5.09. The summed E-state index contributed by atoms with van der Waals surface area (Å²) in [6.07, 6.45) is 7.89. The summed E-state index contributed by atoms with van der Waals surface area (Å²) in [4.78, 5) is 6.70. The third kappa shape index (κ3) is 3.81. The van der Waals surface area contributed by atoms with Gasteiger partial charge in [0.2, 0.25) is 0 Å². The zero-order valence-corrected chi connectivity index (χ0v) is 17.1. The van der Waals surface area contributed by atoms with Crippen LogP contribution in [0.5, 0.6) is 0 Å². The standard InChI is InChI=1S/C21H22ClN5S/c1-2-12-26-20(16-7-9-18(22)10-8-16)24-27(21(26)28)15-25-13-4-6-19(25)17-5-3-11-23-14-17/h2-3,5,7-11,14,19H,1,4,6,12-13,15H2. The van der Waals surface area contributed by atoms with Gasteiger partial charge in [-0.2, -0.15) is 5.10 Å². The number of likely N-dealkylation sites (tertiary alicyclic amines) is 1. The summed E-state index contributed by atoms with van der Waals surface area (Å²) in [6.45, 7) is 6.16. The largest absolute Gasteiger partial charge is 0.296 e. The molecule has 0 amide bonds. The summed E-state index contributed by atoms with van der Waals surface area (Å²) in [5, 5.41) is 5.55.